The van der Waals surface area contributed by atoms with E-state index in [9.17, 15) is 9.90 Å². The highest BCUT2D eigenvalue weighted by Gasteiger charge is 2.33. The van der Waals surface area contributed by atoms with Crippen molar-refractivity contribution < 1.29 is 19.4 Å². The molecule has 0 fully saturated rings. The van der Waals surface area contributed by atoms with Crippen LogP contribution in [0.15, 0.2) is 48.4 Å². The number of aliphatic hydroxyl groups is 1. The van der Waals surface area contributed by atoms with Crippen LogP contribution < -0.4 is 4.74 Å². The van der Waals surface area contributed by atoms with Gasteiger partial charge in [-0.2, -0.15) is 0 Å². The Balaban J connectivity index is 1.69. The Morgan fingerprint density at radius 2 is 2.15 bits per heavy atom. The summed E-state index contributed by atoms with van der Waals surface area (Å²) in [5.74, 6) is 0.884. The molecule has 0 saturated carbocycles. The second kappa shape index (κ2) is 13.6. The van der Waals surface area contributed by atoms with Gasteiger partial charge in [0.15, 0.2) is 0 Å². The molecular formula is C27H38N2O4S. The maximum atomic E-state index is 13.5. The molecule has 34 heavy (non-hydrogen) atoms. The molecule has 0 saturated heterocycles. The molecule has 7 heteroatoms. The van der Waals surface area contributed by atoms with Gasteiger partial charge >= 0.3 is 0 Å². The van der Waals surface area contributed by atoms with Crippen LogP contribution in [0.1, 0.15) is 41.3 Å². The number of benzene rings is 1. The SMILES string of the molecule is C=CCC[C@H](O)CN(CCCOC)CC(=O)N1CCc2sccc2[C@H]1COc1ccc(C)cc1. The Bertz CT molecular complexity index is 898. The van der Waals surface area contributed by atoms with E-state index in [0.717, 1.165) is 25.0 Å². The van der Waals surface area contributed by atoms with E-state index in [-0.39, 0.29) is 18.5 Å². The lowest BCUT2D eigenvalue weighted by molar-refractivity contribution is -0.136. The summed E-state index contributed by atoms with van der Waals surface area (Å²) < 4.78 is 11.3. The summed E-state index contributed by atoms with van der Waals surface area (Å²) >= 11 is 1.75. The first-order valence-electron chi connectivity index (χ1n) is 12.1. The Morgan fingerprint density at radius 3 is 2.88 bits per heavy atom. The molecule has 0 bridgehead atoms. The Kier molecular flexibility index (Phi) is 10.6. The van der Waals surface area contributed by atoms with E-state index in [1.54, 1.807) is 18.4 Å². The fourth-order valence-electron chi connectivity index (χ4n) is 4.33. The highest BCUT2D eigenvalue weighted by Crippen LogP contribution is 2.34. The van der Waals surface area contributed by atoms with Crippen molar-refractivity contribution in [2.75, 3.05) is 46.5 Å². The van der Waals surface area contributed by atoms with Crippen LogP contribution in [0.4, 0.5) is 0 Å². The third-order valence-corrected chi connectivity index (χ3v) is 7.20. The molecule has 1 N–H and O–H groups in total. The van der Waals surface area contributed by atoms with Crippen LogP contribution in [0, 0.1) is 6.92 Å². The highest BCUT2D eigenvalue weighted by molar-refractivity contribution is 7.10. The second-order valence-corrected chi connectivity index (χ2v) is 9.88. The number of allylic oxidation sites excluding steroid dienone is 1. The zero-order chi connectivity index (χ0) is 24.3. The maximum Gasteiger partial charge on any atom is 0.237 e. The van der Waals surface area contributed by atoms with Gasteiger partial charge in [0, 0.05) is 38.2 Å². The smallest absolute Gasteiger partial charge is 0.237 e. The molecule has 1 aliphatic heterocycles. The molecule has 0 spiro atoms. The summed E-state index contributed by atoms with van der Waals surface area (Å²) in [7, 11) is 1.68. The molecule has 186 valence electrons. The largest absolute Gasteiger partial charge is 0.491 e. The Morgan fingerprint density at radius 1 is 1.35 bits per heavy atom. The first-order valence-corrected chi connectivity index (χ1v) is 12.9. The van der Waals surface area contributed by atoms with Crippen LogP contribution in [0.25, 0.3) is 0 Å². The maximum absolute atomic E-state index is 13.5. The van der Waals surface area contributed by atoms with E-state index in [0.29, 0.717) is 39.3 Å². The fraction of sp³-hybridized carbons (Fsp3) is 0.519. The van der Waals surface area contributed by atoms with Crippen LogP contribution in [0.5, 0.6) is 5.75 Å². The van der Waals surface area contributed by atoms with E-state index < -0.39 is 6.10 Å². The number of aryl methyl sites for hydroxylation is 1. The second-order valence-electron chi connectivity index (χ2n) is 8.88. The molecule has 1 aliphatic rings. The molecule has 0 radical (unpaired) electrons. The standard InChI is InChI=1S/C27H38N2O4S/c1-4-5-7-22(30)18-28(14-6-16-32-3)19-27(31)29-15-12-26-24(13-17-34-26)25(29)20-33-23-10-8-21(2)9-11-23/h4,8-11,13,17,22,25,30H,1,5-7,12,14-16,18-20H2,2-3H3/t22-,25+/m0/s1. The van der Waals surface area contributed by atoms with Crippen LogP contribution in [-0.2, 0) is 16.0 Å². The lowest BCUT2D eigenvalue weighted by Gasteiger charge is -2.37. The lowest BCUT2D eigenvalue weighted by atomic mass is 10.0. The van der Waals surface area contributed by atoms with E-state index in [2.05, 4.69) is 29.8 Å². The van der Waals surface area contributed by atoms with Gasteiger partial charge in [-0.05, 0) is 61.7 Å². The highest BCUT2D eigenvalue weighted by atomic mass is 32.1. The number of rotatable bonds is 14. The normalized spacial score (nSPS) is 16.4. The fourth-order valence-corrected chi connectivity index (χ4v) is 5.26. The monoisotopic (exact) mass is 486 g/mol. The van der Waals surface area contributed by atoms with Crippen molar-refractivity contribution in [1.82, 2.24) is 9.80 Å². The molecule has 2 atom stereocenters. The van der Waals surface area contributed by atoms with E-state index in [1.165, 1.54) is 16.0 Å². The first-order chi connectivity index (χ1) is 16.5. The quantitative estimate of drug-likeness (QED) is 0.320. The van der Waals surface area contributed by atoms with Crippen molar-refractivity contribution in [3.05, 3.63) is 64.4 Å². The summed E-state index contributed by atoms with van der Waals surface area (Å²) in [5.41, 5.74) is 2.37. The number of aliphatic hydroxyl groups excluding tert-OH is 1. The summed E-state index contributed by atoms with van der Waals surface area (Å²) in [4.78, 5) is 18.9. The summed E-state index contributed by atoms with van der Waals surface area (Å²) in [6.45, 7) is 8.95. The van der Waals surface area contributed by atoms with Crippen molar-refractivity contribution in [3.8, 4) is 5.75 Å². The molecule has 2 heterocycles. The number of hydrogen-bond donors (Lipinski definition) is 1. The van der Waals surface area contributed by atoms with Crippen LogP contribution >= 0.6 is 11.3 Å². The summed E-state index contributed by atoms with van der Waals surface area (Å²) in [6, 6.07) is 10.0. The molecule has 6 nitrogen and oxygen atoms in total. The summed E-state index contributed by atoms with van der Waals surface area (Å²) in [6.07, 6.45) is 4.41. The van der Waals surface area contributed by atoms with Crippen molar-refractivity contribution in [1.29, 1.82) is 0 Å². The van der Waals surface area contributed by atoms with E-state index in [4.69, 9.17) is 9.47 Å². The van der Waals surface area contributed by atoms with Crippen molar-refractivity contribution >= 4 is 17.2 Å². The third kappa shape index (κ3) is 7.67. The number of carbonyl (C=O) groups is 1. The number of hydrogen-bond acceptors (Lipinski definition) is 6. The molecule has 2 aromatic rings. The molecular weight excluding hydrogens is 448 g/mol. The molecule has 0 unspecified atom stereocenters. The zero-order valence-electron chi connectivity index (χ0n) is 20.4. The number of fused-ring (bicyclic) bond motifs is 1. The van der Waals surface area contributed by atoms with Gasteiger partial charge in [-0.25, -0.2) is 0 Å². The van der Waals surface area contributed by atoms with Gasteiger partial charge in [-0.15, -0.1) is 17.9 Å². The summed E-state index contributed by atoms with van der Waals surface area (Å²) in [5, 5.41) is 12.6. The molecule has 1 aromatic heterocycles. The zero-order valence-corrected chi connectivity index (χ0v) is 21.3. The van der Waals surface area contributed by atoms with Gasteiger partial charge in [-0.1, -0.05) is 23.8 Å². The minimum Gasteiger partial charge on any atom is -0.491 e. The van der Waals surface area contributed by atoms with E-state index in [1.807, 2.05) is 35.2 Å². The van der Waals surface area contributed by atoms with Gasteiger partial charge in [-0.3, -0.25) is 9.69 Å². The van der Waals surface area contributed by atoms with Crippen molar-refractivity contribution in [2.24, 2.45) is 0 Å². The number of carbonyl (C=O) groups excluding carboxylic acids is 1. The van der Waals surface area contributed by atoms with Gasteiger partial charge in [0.25, 0.3) is 0 Å². The van der Waals surface area contributed by atoms with Crippen molar-refractivity contribution in [3.63, 3.8) is 0 Å². The first kappa shape index (κ1) is 26.4. The number of nitrogens with zero attached hydrogens (tertiary/aromatic N) is 2. The average Bonchev–Trinajstić information content (AvgIpc) is 3.31. The van der Waals surface area contributed by atoms with Crippen LogP contribution in [0.3, 0.4) is 0 Å². The third-order valence-electron chi connectivity index (χ3n) is 6.20. The van der Waals surface area contributed by atoms with Crippen LogP contribution in [-0.4, -0.2) is 73.4 Å². The minimum atomic E-state index is -0.487. The van der Waals surface area contributed by atoms with E-state index >= 15 is 0 Å². The van der Waals surface area contributed by atoms with Gasteiger partial charge in [0.2, 0.25) is 5.91 Å². The number of methoxy groups -OCH3 is 1. The molecule has 1 aromatic carbocycles. The number of amides is 1. The number of thiophene rings is 1. The number of ether oxygens (including phenoxy) is 2. The minimum absolute atomic E-state index is 0.0719. The Hall–Kier alpha value is -2.19. The molecule has 0 aliphatic carbocycles. The van der Waals surface area contributed by atoms with Crippen molar-refractivity contribution in [2.45, 2.75) is 44.8 Å². The van der Waals surface area contributed by atoms with Gasteiger partial charge in [0.05, 0.1) is 18.7 Å². The molecule has 3 rings (SSSR count). The van der Waals surface area contributed by atoms with Crippen LogP contribution in [0.2, 0.25) is 0 Å². The lowest BCUT2D eigenvalue weighted by Crippen LogP contribution is -2.48. The van der Waals surface area contributed by atoms with Gasteiger partial charge in [0.1, 0.15) is 12.4 Å². The Labute approximate surface area is 207 Å². The topological polar surface area (TPSA) is 62.2 Å². The average molecular weight is 487 g/mol. The van der Waals surface area contributed by atoms with Gasteiger partial charge < -0.3 is 19.5 Å². The molecule has 1 amide bonds. The predicted molar refractivity (Wildman–Crippen MR) is 138 cm³/mol. The predicted octanol–water partition coefficient (Wildman–Crippen LogP) is 4.23.